The zero-order chi connectivity index (χ0) is 14.3. The van der Waals surface area contributed by atoms with Crippen LogP contribution in [0.1, 0.15) is 47.0 Å². The van der Waals surface area contributed by atoms with Crippen LogP contribution in [0.25, 0.3) is 0 Å². The number of halogens is 2. The second-order valence-corrected chi connectivity index (χ2v) is 7.41. The minimum Gasteiger partial charge on any atom is -0.382 e. The van der Waals surface area contributed by atoms with Crippen molar-refractivity contribution in [3.8, 4) is 0 Å². The Kier molecular flexibility index (Phi) is 3.59. The van der Waals surface area contributed by atoms with Gasteiger partial charge in [0.1, 0.15) is 11.6 Å². The van der Waals surface area contributed by atoms with E-state index >= 15 is 0 Å². The van der Waals surface area contributed by atoms with Gasteiger partial charge in [0, 0.05) is 17.8 Å². The van der Waals surface area contributed by atoms with Gasteiger partial charge in [0.2, 0.25) is 0 Å². The first-order valence-corrected chi connectivity index (χ1v) is 6.88. The number of rotatable bonds is 2. The summed E-state index contributed by atoms with van der Waals surface area (Å²) in [5.74, 6) is -1.06. The monoisotopic (exact) mass is 267 g/mol. The Balaban J connectivity index is 2.14. The molecule has 1 saturated carbocycles. The number of hydrogen-bond donors (Lipinski definition) is 1. The molecule has 1 N–H and O–H groups in total. The lowest BCUT2D eigenvalue weighted by molar-refractivity contribution is 0.105. The van der Waals surface area contributed by atoms with Crippen molar-refractivity contribution in [2.75, 3.05) is 5.32 Å². The quantitative estimate of drug-likeness (QED) is 0.796. The van der Waals surface area contributed by atoms with Crippen molar-refractivity contribution < 1.29 is 8.78 Å². The van der Waals surface area contributed by atoms with Gasteiger partial charge >= 0.3 is 0 Å². The predicted molar refractivity (Wildman–Crippen MR) is 75.2 cm³/mol. The van der Waals surface area contributed by atoms with Gasteiger partial charge in [0.05, 0.1) is 0 Å². The fraction of sp³-hybridized carbons (Fsp3) is 0.625. The Morgan fingerprint density at radius 2 is 1.42 bits per heavy atom. The average molecular weight is 267 g/mol. The molecular formula is C16H23F2N. The molecule has 0 bridgehead atoms. The lowest BCUT2D eigenvalue weighted by Gasteiger charge is -2.45. The molecule has 0 aliphatic heterocycles. The molecule has 1 fully saturated rings. The van der Waals surface area contributed by atoms with Gasteiger partial charge in [-0.25, -0.2) is 8.78 Å². The lowest BCUT2D eigenvalue weighted by Crippen LogP contribution is -2.40. The van der Waals surface area contributed by atoms with Crippen LogP contribution in [0, 0.1) is 22.5 Å². The molecule has 0 radical (unpaired) electrons. The van der Waals surface area contributed by atoms with E-state index in [1.165, 1.54) is 18.6 Å². The topological polar surface area (TPSA) is 12.0 Å². The largest absolute Gasteiger partial charge is 0.382 e. The SMILES string of the molecule is CC1(C)CC(Nc2cc(F)cc(F)c2)CC(C)(C)C1. The molecule has 1 aliphatic rings. The number of benzene rings is 1. The van der Waals surface area contributed by atoms with Crippen LogP contribution in [0.5, 0.6) is 0 Å². The van der Waals surface area contributed by atoms with Crippen LogP contribution in [0.2, 0.25) is 0 Å². The highest BCUT2D eigenvalue weighted by Crippen LogP contribution is 2.46. The molecular weight excluding hydrogens is 244 g/mol. The summed E-state index contributed by atoms with van der Waals surface area (Å²) in [6.07, 6.45) is 3.22. The molecule has 3 heteroatoms. The molecule has 1 aliphatic carbocycles. The standard InChI is InChI=1S/C16H23F2N/c1-15(2)8-14(9-16(3,4)10-15)19-13-6-11(17)5-12(18)7-13/h5-7,14,19H,8-10H2,1-4H3. The van der Waals surface area contributed by atoms with Gasteiger partial charge in [-0.3, -0.25) is 0 Å². The lowest BCUT2D eigenvalue weighted by atomic mass is 9.63. The Hall–Kier alpha value is -1.12. The molecule has 1 nitrogen and oxygen atoms in total. The van der Waals surface area contributed by atoms with E-state index in [4.69, 9.17) is 0 Å². The van der Waals surface area contributed by atoms with Crippen LogP contribution < -0.4 is 5.32 Å². The molecule has 0 spiro atoms. The third-order valence-electron chi connectivity index (χ3n) is 3.79. The first kappa shape index (κ1) is 14.3. The first-order chi connectivity index (χ1) is 8.65. The highest BCUT2D eigenvalue weighted by atomic mass is 19.1. The van der Waals surface area contributed by atoms with Gasteiger partial charge < -0.3 is 5.32 Å². The fourth-order valence-corrected chi connectivity index (χ4v) is 3.82. The third-order valence-corrected chi connectivity index (χ3v) is 3.79. The highest BCUT2D eigenvalue weighted by molar-refractivity contribution is 5.44. The summed E-state index contributed by atoms with van der Waals surface area (Å²) in [5, 5.41) is 3.29. The summed E-state index contributed by atoms with van der Waals surface area (Å²) in [7, 11) is 0. The minimum atomic E-state index is -0.531. The summed E-state index contributed by atoms with van der Waals surface area (Å²) in [6.45, 7) is 9.03. The van der Waals surface area contributed by atoms with E-state index in [0.717, 1.165) is 18.9 Å². The Morgan fingerprint density at radius 1 is 0.947 bits per heavy atom. The maximum absolute atomic E-state index is 13.2. The van der Waals surface area contributed by atoms with E-state index in [9.17, 15) is 8.78 Å². The van der Waals surface area contributed by atoms with E-state index < -0.39 is 11.6 Å². The summed E-state index contributed by atoms with van der Waals surface area (Å²) in [6, 6.07) is 3.88. The second kappa shape index (κ2) is 4.77. The molecule has 0 aromatic heterocycles. The normalized spacial score (nSPS) is 22.2. The zero-order valence-electron chi connectivity index (χ0n) is 12.2. The van der Waals surface area contributed by atoms with Crippen LogP contribution in [0.15, 0.2) is 18.2 Å². The van der Waals surface area contributed by atoms with Gasteiger partial charge in [-0.1, -0.05) is 27.7 Å². The molecule has 0 amide bonds. The molecule has 1 aromatic carbocycles. The van der Waals surface area contributed by atoms with Crippen LogP contribution in [0.3, 0.4) is 0 Å². The second-order valence-electron chi connectivity index (χ2n) is 7.41. The third kappa shape index (κ3) is 3.92. The van der Waals surface area contributed by atoms with E-state index in [2.05, 4.69) is 33.0 Å². The summed E-state index contributed by atoms with van der Waals surface area (Å²) in [4.78, 5) is 0. The minimum absolute atomic E-state index is 0.255. The van der Waals surface area contributed by atoms with Gasteiger partial charge in [-0.05, 0) is 42.2 Å². The average Bonchev–Trinajstić information content (AvgIpc) is 2.08. The number of nitrogens with one attached hydrogen (secondary N) is 1. The Labute approximate surface area is 114 Å². The molecule has 0 saturated heterocycles. The van der Waals surface area contributed by atoms with Gasteiger partial charge in [-0.15, -0.1) is 0 Å². The van der Waals surface area contributed by atoms with Gasteiger partial charge in [0.15, 0.2) is 0 Å². The maximum atomic E-state index is 13.2. The van der Waals surface area contributed by atoms with Crippen LogP contribution >= 0.6 is 0 Å². The molecule has 0 atom stereocenters. The molecule has 2 rings (SSSR count). The summed E-state index contributed by atoms with van der Waals surface area (Å²) >= 11 is 0. The van der Waals surface area contributed by atoms with Gasteiger partial charge in [-0.2, -0.15) is 0 Å². The van der Waals surface area contributed by atoms with Crippen LogP contribution in [-0.4, -0.2) is 6.04 Å². The van der Waals surface area contributed by atoms with E-state index in [0.29, 0.717) is 5.69 Å². The van der Waals surface area contributed by atoms with Crippen molar-refractivity contribution in [1.29, 1.82) is 0 Å². The summed E-state index contributed by atoms with van der Waals surface area (Å²) in [5.41, 5.74) is 1.05. The molecule has 0 heterocycles. The Morgan fingerprint density at radius 3 is 1.89 bits per heavy atom. The molecule has 19 heavy (non-hydrogen) atoms. The first-order valence-electron chi connectivity index (χ1n) is 6.88. The van der Waals surface area contributed by atoms with Crippen molar-refractivity contribution >= 4 is 5.69 Å². The van der Waals surface area contributed by atoms with Gasteiger partial charge in [0.25, 0.3) is 0 Å². The number of hydrogen-bond acceptors (Lipinski definition) is 1. The Bertz CT molecular complexity index is 430. The fourth-order valence-electron chi connectivity index (χ4n) is 3.82. The number of anilines is 1. The highest BCUT2D eigenvalue weighted by Gasteiger charge is 2.38. The molecule has 1 aromatic rings. The van der Waals surface area contributed by atoms with Crippen molar-refractivity contribution in [3.05, 3.63) is 29.8 Å². The van der Waals surface area contributed by atoms with Crippen molar-refractivity contribution in [1.82, 2.24) is 0 Å². The van der Waals surface area contributed by atoms with E-state index in [1.807, 2.05) is 0 Å². The molecule has 106 valence electrons. The van der Waals surface area contributed by atoms with Crippen molar-refractivity contribution in [2.24, 2.45) is 10.8 Å². The smallest absolute Gasteiger partial charge is 0.128 e. The van der Waals surface area contributed by atoms with Crippen LogP contribution in [-0.2, 0) is 0 Å². The molecule has 0 unspecified atom stereocenters. The van der Waals surface area contributed by atoms with Crippen LogP contribution in [0.4, 0.5) is 14.5 Å². The zero-order valence-corrected chi connectivity index (χ0v) is 12.2. The van der Waals surface area contributed by atoms with Crippen molar-refractivity contribution in [2.45, 2.75) is 53.0 Å². The summed E-state index contributed by atoms with van der Waals surface area (Å²) < 4.78 is 26.4. The van der Waals surface area contributed by atoms with E-state index in [-0.39, 0.29) is 16.9 Å². The van der Waals surface area contributed by atoms with Crippen molar-refractivity contribution in [3.63, 3.8) is 0 Å². The van der Waals surface area contributed by atoms with E-state index in [1.54, 1.807) is 0 Å². The maximum Gasteiger partial charge on any atom is 0.128 e. The predicted octanol–water partition coefficient (Wildman–Crippen LogP) is 4.98.